The van der Waals surface area contributed by atoms with E-state index in [1.54, 1.807) is 0 Å². The van der Waals surface area contributed by atoms with Gasteiger partial charge in [-0.2, -0.15) is 0 Å². The molecule has 4 nitrogen and oxygen atoms in total. The van der Waals surface area contributed by atoms with Crippen molar-refractivity contribution in [3.05, 3.63) is 29.9 Å². The molecule has 2 aliphatic carbocycles. The van der Waals surface area contributed by atoms with Gasteiger partial charge in [-0.15, -0.1) is 0 Å². The van der Waals surface area contributed by atoms with Crippen LogP contribution in [0.1, 0.15) is 43.2 Å². The first kappa shape index (κ1) is 12.5. The van der Waals surface area contributed by atoms with E-state index in [0.29, 0.717) is 12.6 Å². The highest BCUT2D eigenvalue weighted by Gasteiger charge is 2.27. The standard InChI is InChI=1S/C15H21N3O/c1-11-10-17-14(18(11)13-6-7-13)8-9-16-15(19)12-4-2-3-5-12/h2-3,10,12-13H,4-9H2,1H3,(H,16,19). The molecule has 2 aliphatic rings. The van der Waals surface area contributed by atoms with Crippen molar-refractivity contribution >= 4 is 5.91 Å². The number of aromatic nitrogens is 2. The van der Waals surface area contributed by atoms with E-state index in [-0.39, 0.29) is 11.8 Å². The van der Waals surface area contributed by atoms with Crippen molar-refractivity contribution in [2.24, 2.45) is 5.92 Å². The molecule has 3 rings (SSSR count). The van der Waals surface area contributed by atoms with Crippen molar-refractivity contribution in [3.63, 3.8) is 0 Å². The Morgan fingerprint density at radius 3 is 2.84 bits per heavy atom. The van der Waals surface area contributed by atoms with Crippen molar-refractivity contribution in [3.8, 4) is 0 Å². The number of imidazole rings is 1. The number of amides is 1. The lowest BCUT2D eigenvalue weighted by Gasteiger charge is -2.11. The summed E-state index contributed by atoms with van der Waals surface area (Å²) in [7, 11) is 0. The number of carbonyl (C=O) groups excluding carboxylic acids is 1. The Bertz CT molecular complexity index is 491. The number of hydrogen-bond donors (Lipinski definition) is 1. The molecule has 1 saturated carbocycles. The highest BCUT2D eigenvalue weighted by atomic mass is 16.1. The van der Waals surface area contributed by atoms with Crippen LogP contribution in [0.3, 0.4) is 0 Å². The molecule has 1 heterocycles. The lowest BCUT2D eigenvalue weighted by molar-refractivity contribution is -0.124. The number of rotatable bonds is 5. The van der Waals surface area contributed by atoms with Crippen LogP contribution in [0, 0.1) is 12.8 Å². The predicted molar refractivity (Wildman–Crippen MR) is 73.8 cm³/mol. The van der Waals surface area contributed by atoms with E-state index in [4.69, 9.17) is 0 Å². The highest BCUT2D eigenvalue weighted by molar-refractivity contribution is 5.79. The van der Waals surface area contributed by atoms with E-state index < -0.39 is 0 Å². The Labute approximate surface area is 113 Å². The summed E-state index contributed by atoms with van der Waals surface area (Å²) in [5.74, 6) is 1.46. The molecular weight excluding hydrogens is 238 g/mol. The molecule has 1 fully saturated rings. The first-order chi connectivity index (χ1) is 9.25. The lowest BCUT2D eigenvalue weighted by Crippen LogP contribution is -2.31. The number of nitrogens with one attached hydrogen (secondary N) is 1. The molecule has 0 radical (unpaired) electrons. The normalized spacial score (nSPS) is 19.0. The van der Waals surface area contributed by atoms with Crippen molar-refractivity contribution in [1.82, 2.24) is 14.9 Å². The van der Waals surface area contributed by atoms with Crippen LogP contribution in [-0.4, -0.2) is 22.0 Å². The average molecular weight is 259 g/mol. The molecule has 1 aromatic heterocycles. The highest BCUT2D eigenvalue weighted by Crippen LogP contribution is 2.36. The van der Waals surface area contributed by atoms with Gasteiger partial charge in [0.05, 0.1) is 0 Å². The average Bonchev–Trinajstić information content (AvgIpc) is 2.95. The van der Waals surface area contributed by atoms with Gasteiger partial charge in [-0.05, 0) is 32.6 Å². The van der Waals surface area contributed by atoms with Gasteiger partial charge in [0.1, 0.15) is 5.82 Å². The summed E-state index contributed by atoms with van der Waals surface area (Å²) >= 11 is 0. The summed E-state index contributed by atoms with van der Waals surface area (Å²) in [6.07, 6.45) is 11.3. The van der Waals surface area contributed by atoms with E-state index in [1.165, 1.54) is 18.5 Å². The van der Waals surface area contributed by atoms with Crippen molar-refractivity contribution in [1.29, 1.82) is 0 Å². The zero-order chi connectivity index (χ0) is 13.2. The number of carbonyl (C=O) groups is 1. The molecule has 102 valence electrons. The first-order valence-corrected chi connectivity index (χ1v) is 7.21. The topological polar surface area (TPSA) is 46.9 Å². The maximum atomic E-state index is 11.9. The third-order valence-corrected chi connectivity index (χ3v) is 4.00. The Kier molecular flexibility index (Phi) is 3.40. The third kappa shape index (κ3) is 2.72. The fraction of sp³-hybridized carbons (Fsp3) is 0.600. The molecular formula is C15H21N3O. The maximum Gasteiger partial charge on any atom is 0.223 e. The Balaban J connectivity index is 1.51. The molecule has 19 heavy (non-hydrogen) atoms. The summed E-state index contributed by atoms with van der Waals surface area (Å²) in [4.78, 5) is 16.4. The van der Waals surface area contributed by atoms with Crippen LogP contribution < -0.4 is 5.32 Å². The van der Waals surface area contributed by atoms with Crippen LogP contribution in [-0.2, 0) is 11.2 Å². The molecule has 1 N–H and O–H groups in total. The zero-order valence-corrected chi connectivity index (χ0v) is 11.4. The van der Waals surface area contributed by atoms with Gasteiger partial charge >= 0.3 is 0 Å². The van der Waals surface area contributed by atoms with Crippen molar-refractivity contribution in [2.75, 3.05) is 6.54 Å². The van der Waals surface area contributed by atoms with Gasteiger partial charge in [-0.1, -0.05) is 12.2 Å². The number of nitrogens with zero attached hydrogens (tertiary/aromatic N) is 2. The Hall–Kier alpha value is -1.58. The molecule has 0 aliphatic heterocycles. The largest absolute Gasteiger partial charge is 0.355 e. The second kappa shape index (κ2) is 5.19. The smallest absolute Gasteiger partial charge is 0.223 e. The molecule has 0 spiro atoms. The second-order valence-electron chi connectivity index (χ2n) is 5.60. The van der Waals surface area contributed by atoms with E-state index in [2.05, 4.69) is 33.9 Å². The summed E-state index contributed by atoms with van der Waals surface area (Å²) in [5, 5.41) is 3.04. The molecule has 1 aromatic rings. The lowest BCUT2D eigenvalue weighted by atomic mass is 10.1. The van der Waals surface area contributed by atoms with Crippen molar-refractivity contribution < 1.29 is 4.79 Å². The van der Waals surface area contributed by atoms with Gasteiger partial charge in [0.25, 0.3) is 0 Å². The van der Waals surface area contributed by atoms with Gasteiger partial charge in [-0.3, -0.25) is 4.79 Å². The fourth-order valence-electron chi connectivity index (χ4n) is 2.79. The number of aryl methyl sites for hydroxylation is 1. The Morgan fingerprint density at radius 2 is 2.16 bits per heavy atom. The van der Waals surface area contributed by atoms with E-state index in [9.17, 15) is 4.79 Å². The summed E-state index contributed by atoms with van der Waals surface area (Å²) in [5.41, 5.74) is 1.24. The van der Waals surface area contributed by atoms with E-state index in [1.807, 2.05) is 6.20 Å². The number of allylic oxidation sites excluding steroid dienone is 2. The minimum atomic E-state index is 0.157. The summed E-state index contributed by atoms with van der Waals surface area (Å²) in [6, 6.07) is 0.659. The maximum absolute atomic E-state index is 11.9. The molecule has 0 aromatic carbocycles. The Morgan fingerprint density at radius 1 is 1.42 bits per heavy atom. The van der Waals surface area contributed by atoms with Gasteiger partial charge in [0, 0.05) is 36.8 Å². The molecule has 0 atom stereocenters. The quantitative estimate of drug-likeness (QED) is 0.824. The van der Waals surface area contributed by atoms with Gasteiger partial charge < -0.3 is 9.88 Å². The second-order valence-corrected chi connectivity index (χ2v) is 5.60. The number of hydrogen-bond acceptors (Lipinski definition) is 2. The van der Waals surface area contributed by atoms with Crippen LogP contribution >= 0.6 is 0 Å². The van der Waals surface area contributed by atoms with Gasteiger partial charge in [0.15, 0.2) is 0 Å². The van der Waals surface area contributed by atoms with Crippen LogP contribution in [0.25, 0.3) is 0 Å². The molecule has 0 bridgehead atoms. The van der Waals surface area contributed by atoms with Crippen molar-refractivity contribution in [2.45, 2.75) is 45.1 Å². The predicted octanol–water partition coefficient (Wildman–Crippen LogP) is 2.15. The third-order valence-electron chi connectivity index (χ3n) is 4.00. The molecule has 0 unspecified atom stereocenters. The van der Waals surface area contributed by atoms with E-state index >= 15 is 0 Å². The minimum Gasteiger partial charge on any atom is -0.355 e. The summed E-state index contributed by atoms with van der Waals surface area (Å²) in [6.45, 7) is 2.80. The summed E-state index contributed by atoms with van der Waals surface area (Å²) < 4.78 is 2.34. The van der Waals surface area contributed by atoms with E-state index in [0.717, 1.165) is 25.1 Å². The van der Waals surface area contributed by atoms with Crippen LogP contribution in [0.15, 0.2) is 18.3 Å². The first-order valence-electron chi connectivity index (χ1n) is 7.21. The van der Waals surface area contributed by atoms with Crippen LogP contribution in [0.2, 0.25) is 0 Å². The van der Waals surface area contributed by atoms with Crippen LogP contribution in [0.5, 0.6) is 0 Å². The SMILES string of the molecule is Cc1cnc(CCNC(=O)C2CC=CC2)n1C1CC1. The molecule has 1 amide bonds. The minimum absolute atomic E-state index is 0.157. The zero-order valence-electron chi connectivity index (χ0n) is 11.4. The van der Waals surface area contributed by atoms with Gasteiger partial charge in [0.2, 0.25) is 5.91 Å². The molecule has 0 saturated heterocycles. The van der Waals surface area contributed by atoms with Crippen LogP contribution in [0.4, 0.5) is 0 Å². The monoisotopic (exact) mass is 259 g/mol. The molecule has 4 heteroatoms. The van der Waals surface area contributed by atoms with Gasteiger partial charge in [-0.25, -0.2) is 4.98 Å². The fourth-order valence-corrected chi connectivity index (χ4v) is 2.79.